The summed E-state index contributed by atoms with van der Waals surface area (Å²) in [5.74, 6) is 1.08. The highest BCUT2D eigenvalue weighted by Gasteiger charge is 2.28. The predicted octanol–water partition coefficient (Wildman–Crippen LogP) is 0.788. The standard InChI is InChI=1S/C11H16N4O3/c1-14-4-5-15(11(14)16)7-9-12-10(18-13-9)8-3-2-6-17-8/h8H,2-7H2,1H3. The summed E-state index contributed by atoms with van der Waals surface area (Å²) in [6, 6.07) is 0.0125. The number of amides is 2. The molecule has 3 rings (SSSR count). The van der Waals surface area contributed by atoms with Gasteiger partial charge >= 0.3 is 6.03 Å². The van der Waals surface area contributed by atoms with Gasteiger partial charge in [-0.3, -0.25) is 0 Å². The molecule has 3 heterocycles. The summed E-state index contributed by atoms with van der Waals surface area (Å²) < 4.78 is 10.7. The van der Waals surface area contributed by atoms with Crippen LogP contribution >= 0.6 is 0 Å². The van der Waals surface area contributed by atoms with Crippen molar-refractivity contribution in [3.05, 3.63) is 11.7 Å². The van der Waals surface area contributed by atoms with Crippen molar-refractivity contribution in [2.45, 2.75) is 25.5 Å². The zero-order valence-corrected chi connectivity index (χ0v) is 10.3. The van der Waals surface area contributed by atoms with Gasteiger partial charge in [0.1, 0.15) is 6.10 Å². The van der Waals surface area contributed by atoms with Crippen LogP contribution < -0.4 is 0 Å². The van der Waals surface area contributed by atoms with E-state index in [4.69, 9.17) is 9.26 Å². The fraction of sp³-hybridized carbons (Fsp3) is 0.727. The molecule has 0 N–H and O–H groups in total. The summed E-state index contributed by atoms with van der Waals surface area (Å²) in [6.07, 6.45) is 1.88. The molecule has 98 valence electrons. The van der Waals surface area contributed by atoms with E-state index in [0.717, 1.165) is 26.0 Å². The van der Waals surface area contributed by atoms with Crippen LogP contribution in [0.25, 0.3) is 0 Å². The zero-order valence-electron chi connectivity index (χ0n) is 10.3. The van der Waals surface area contributed by atoms with Crippen LogP contribution in [0.15, 0.2) is 4.52 Å². The minimum Gasteiger partial charge on any atom is -0.368 e. The van der Waals surface area contributed by atoms with E-state index in [2.05, 4.69) is 10.1 Å². The van der Waals surface area contributed by atoms with Crippen LogP contribution in [0.4, 0.5) is 4.79 Å². The molecule has 2 amide bonds. The lowest BCUT2D eigenvalue weighted by Crippen LogP contribution is -2.29. The topological polar surface area (TPSA) is 71.7 Å². The Bertz CT molecular complexity index is 441. The number of hydrogen-bond acceptors (Lipinski definition) is 5. The maximum absolute atomic E-state index is 11.7. The first kappa shape index (κ1) is 11.5. The van der Waals surface area contributed by atoms with Gasteiger partial charge in [0.15, 0.2) is 5.82 Å². The fourth-order valence-corrected chi connectivity index (χ4v) is 2.26. The lowest BCUT2D eigenvalue weighted by Gasteiger charge is -2.12. The number of ether oxygens (including phenoxy) is 1. The lowest BCUT2D eigenvalue weighted by molar-refractivity contribution is 0.0835. The zero-order chi connectivity index (χ0) is 12.5. The van der Waals surface area contributed by atoms with Gasteiger partial charge in [-0.1, -0.05) is 5.16 Å². The highest BCUT2D eigenvalue weighted by atomic mass is 16.5. The molecule has 0 saturated carbocycles. The Kier molecular flexibility index (Phi) is 2.91. The normalized spacial score (nSPS) is 24.3. The van der Waals surface area contributed by atoms with E-state index >= 15 is 0 Å². The first-order chi connectivity index (χ1) is 8.74. The molecule has 0 radical (unpaired) electrons. The van der Waals surface area contributed by atoms with Crippen LogP contribution in [0.5, 0.6) is 0 Å². The van der Waals surface area contributed by atoms with Crippen LogP contribution in [0.3, 0.4) is 0 Å². The van der Waals surface area contributed by atoms with E-state index in [-0.39, 0.29) is 12.1 Å². The molecule has 1 atom stereocenters. The molecule has 2 aliphatic heterocycles. The molecule has 2 aliphatic rings. The smallest absolute Gasteiger partial charge is 0.320 e. The lowest BCUT2D eigenvalue weighted by atomic mass is 10.2. The molecule has 1 aromatic rings. The molecule has 1 aromatic heterocycles. The molecule has 7 heteroatoms. The molecule has 7 nitrogen and oxygen atoms in total. The Morgan fingerprint density at radius 1 is 1.44 bits per heavy atom. The third kappa shape index (κ3) is 2.05. The summed E-state index contributed by atoms with van der Waals surface area (Å²) >= 11 is 0. The molecule has 0 bridgehead atoms. The van der Waals surface area contributed by atoms with Crippen molar-refractivity contribution in [1.82, 2.24) is 19.9 Å². The van der Waals surface area contributed by atoms with Gasteiger partial charge in [-0.25, -0.2) is 4.79 Å². The number of carbonyl (C=O) groups is 1. The number of urea groups is 1. The Morgan fingerprint density at radius 3 is 3.00 bits per heavy atom. The Hall–Kier alpha value is -1.63. The molecule has 18 heavy (non-hydrogen) atoms. The Labute approximate surface area is 105 Å². The molecule has 0 aliphatic carbocycles. The number of carbonyl (C=O) groups excluding carboxylic acids is 1. The molecular weight excluding hydrogens is 236 g/mol. The van der Waals surface area contributed by atoms with Crippen molar-refractivity contribution in [3.8, 4) is 0 Å². The van der Waals surface area contributed by atoms with Gasteiger partial charge in [0, 0.05) is 26.7 Å². The van der Waals surface area contributed by atoms with Crippen LogP contribution in [0.2, 0.25) is 0 Å². The van der Waals surface area contributed by atoms with Gasteiger partial charge in [0.25, 0.3) is 5.89 Å². The van der Waals surface area contributed by atoms with Gasteiger partial charge in [0.2, 0.25) is 0 Å². The summed E-state index contributed by atoms with van der Waals surface area (Å²) in [4.78, 5) is 19.4. The highest BCUT2D eigenvalue weighted by Crippen LogP contribution is 2.27. The number of aromatic nitrogens is 2. The van der Waals surface area contributed by atoms with Crippen molar-refractivity contribution in [3.63, 3.8) is 0 Å². The monoisotopic (exact) mass is 252 g/mol. The molecule has 1 unspecified atom stereocenters. The van der Waals surface area contributed by atoms with Crippen molar-refractivity contribution >= 4 is 6.03 Å². The molecular formula is C11H16N4O3. The highest BCUT2D eigenvalue weighted by molar-refractivity contribution is 5.76. The number of hydrogen-bond donors (Lipinski definition) is 0. The second-order valence-electron chi connectivity index (χ2n) is 4.68. The van der Waals surface area contributed by atoms with Gasteiger partial charge in [-0.15, -0.1) is 0 Å². The number of rotatable bonds is 3. The van der Waals surface area contributed by atoms with Crippen molar-refractivity contribution in [2.75, 3.05) is 26.7 Å². The second-order valence-corrected chi connectivity index (χ2v) is 4.68. The van der Waals surface area contributed by atoms with E-state index < -0.39 is 0 Å². The predicted molar refractivity (Wildman–Crippen MR) is 60.7 cm³/mol. The summed E-state index contributed by atoms with van der Waals surface area (Å²) in [5.41, 5.74) is 0. The first-order valence-corrected chi connectivity index (χ1v) is 6.18. The van der Waals surface area contributed by atoms with E-state index in [9.17, 15) is 4.79 Å². The Balaban J connectivity index is 1.65. The summed E-state index contributed by atoms with van der Waals surface area (Å²) in [7, 11) is 1.79. The average molecular weight is 252 g/mol. The molecule has 0 spiro atoms. The first-order valence-electron chi connectivity index (χ1n) is 6.18. The van der Waals surface area contributed by atoms with Crippen LogP contribution in [0, 0.1) is 0 Å². The van der Waals surface area contributed by atoms with Crippen molar-refractivity contribution in [2.24, 2.45) is 0 Å². The summed E-state index contributed by atoms with van der Waals surface area (Å²) in [6.45, 7) is 2.60. The van der Waals surface area contributed by atoms with Crippen LogP contribution in [-0.2, 0) is 11.3 Å². The maximum atomic E-state index is 11.7. The average Bonchev–Trinajstić information content (AvgIpc) is 3.06. The van der Waals surface area contributed by atoms with Gasteiger partial charge in [-0.05, 0) is 12.8 Å². The minimum absolute atomic E-state index is 0.0125. The van der Waals surface area contributed by atoms with Crippen molar-refractivity contribution in [1.29, 1.82) is 0 Å². The van der Waals surface area contributed by atoms with Crippen LogP contribution in [-0.4, -0.2) is 52.7 Å². The molecule has 2 saturated heterocycles. The summed E-state index contributed by atoms with van der Waals surface area (Å²) in [5, 5.41) is 3.91. The number of nitrogens with zero attached hydrogens (tertiary/aromatic N) is 4. The molecule has 2 fully saturated rings. The van der Waals surface area contributed by atoms with Gasteiger partial charge in [0.05, 0.1) is 6.54 Å². The molecule has 0 aromatic carbocycles. The third-order valence-corrected chi connectivity index (χ3v) is 3.32. The van der Waals surface area contributed by atoms with E-state index in [0.29, 0.717) is 24.8 Å². The number of likely N-dealkylation sites (N-methyl/N-ethyl adjacent to an activating group) is 1. The van der Waals surface area contributed by atoms with E-state index in [1.54, 1.807) is 16.8 Å². The Morgan fingerprint density at radius 2 is 2.33 bits per heavy atom. The van der Waals surface area contributed by atoms with Crippen LogP contribution in [0.1, 0.15) is 30.7 Å². The van der Waals surface area contributed by atoms with E-state index in [1.807, 2.05) is 0 Å². The quantitative estimate of drug-likeness (QED) is 0.795. The fourth-order valence-electron chi connectivity index (χ4n) is 2.26. The third-order valence-electron chi connectivity index (χ3n) is 3.32. The van der Waals surface area contributed by atoms with Crippen molar-refractivity contribution < 1.29 is 14.1 Å². The largest absolute Gasteiger partial charge is 0.368 e. The SMILES string of the molecule is CN1CCN(Cc2noc(C3CCCO3)n2)C1=O. The second kappa shape index (κ2) is 4.56. The maximum Gasteiger partial charge on any atom is 0.320 e. The van der Waals surface area contributed by atoms with Gasteiger partial charge in [-0.2, -0.15) is 4.98 Å². The van der Waals surface area contributed by atoms with E-state index in [1.165, 1.54) is 0 Å². The van der Waals surface area contributed by atoms with Gasteiger partial charge < -0.3 is 19.1 Å². The minimum atomic E-state index is -0.0665.